The number of hydrogen-bond donors (Lipinski definition) is 1. The van der Waals surface area contributed by atoms with Crippen LogP contribution < -0.4 is 4.90 Å². The third-order valence-corrected chi connectivity index (χ3v) is 4.67. The van der Waals surface area contributed by atoms with Gasteiger partial charge in [0.2, 0.25) is 0 Å². The van der Waals surface area contributed by atoms with Crippen molar-refractivity contribution in [1.82, 2.24) is 14.9 Å². The highest BCUT2D eigenvalue weighted by molar-refractivity contribution is 5.39. The molecule has 6 nitrogen and oxygen atoms in total. The van der Waals surface area contributed by atoms with Gasteiger partial charge in [0, 0.05) is 50.9 Å². The maximum absolute atomic E-state index is 9.43. The van der Waals surface area contributed by atoms with Gasteiger partial charge in [0.25, 0.3) is 0 Å². The molecule has 6 heteroatoms. The van der Waals surface area contributed by atoms with Crippen LogP contribution in [0.25, 0.3) is 0 Å². The van der Waals surface area contributed by atoms with E-state index < -0.39 is 0 Å². The molecule has 1 aromatic heterocycles. The van der Waals surface area contributed by atoms with Gasteiger partial charge in [0.1, 0.15) is 12.1 Å². The molecule has 0 bridgehead atoms. The summed E-state index contributed by atoms with van der Waals surface area (Å²) < 4.78 is 5.37. The summed E-state index contributed by atoms with van der Waals surface area (Å²) >= 11 is 0. The van der Waals surface area contributed by atoms with Crippen molar-refractivity contribution in [3.8, 4) is 0 Å². The van der Waals surface area contributed by atoms with Gasteiger partial charge in [-0.3, -0.25) is 4.90 Å². The van der Waals surface area contributed by atoms with E-state index in [1.165, 1.54) is 0 Å². The van der Waals surface area contributed by atoms with Crippen molar-refractivity contribution in [2.75, 3.05) is 51.3 Å². The third-order valence-electron chi connectivity index (χ3n) is 4.67. The first-order chi connectivity index (χ1) is 10.7. The van der Waals surface area contributed by atoms with Gasteiger partial charge in [-0.2, -0.15) is 0 Å². The predicted octanol–water partition coefficient (Wildman–Crippen LogP) is 0.873. The normalized spacial score (nSPS) is 25.7. The molecule has 0 amide bonds. The summed E-state index contributed by atoms with van der Waals surface area (Å²) in [5, 5.41) is 9.43. The molecule has 1 aliphatic carbocycles. The SMILES string of the molecule is CN(CCCN1CCOCC1)c1cc(C2CC(O)C2)ncn1. The van der Waals surface area contributed by atoms with Crippen LogP contribution in [-0.4, -0.2) is 72.5 Å². The zero-order valence-corrected chi connectivity index (χ0v) is 13.3. The smallest absolute Gasteiger partial charge is 0.131 e. The molecule has 1 N–H and O–H groups in total. The van der Waals surface area contributed by atoms with Gasteiger partial charge in [0.15, 0.2) is 0 Å². The Morgan fingerprint density at radius 1 is 1.32 bits per heavy atom. The number of anilines is 1. The minimum absolute atomic E-state index is 0.144. The number of morpholine rings is 1. The average Bonchev–Trinajstić information content (AvgIpc) is 2.53. The molecule has 0 atom stereocenters. The molecule has 1 aliphatic heterocycles. The Labute approximate surface area is 132 Å². The van der Waals surface area contributed by atoms with Gasteiger partial charge in [0.05, 0.1) is 19.3 Å². The Balaban J connectivity index is 1.47. The number of rotatable bonds is 6. The van der Waals surface area contributed by atoms with Gasteiger partial charge < -0.3 is 14.7 Å². The zero-order valence-electron chi connectivity index (χ0n) is 13.3. The third kappa shape index (κ3) is 3.94. The second-order valence-corrected chi connectivity index (χ2v) is 6.35. The molecule has 3 rings (SSSR count). The molecule has 1 aromatic rings. The molecule has 0 radical (unpaired) electrons. The first-order valence-electron chi connectivity index (χ1n) is 8.23. The largest absolute Gasteiger partial charge is 0.393 e. The second-order valence-electron chi connectivity index (χ2n) is 6.35. The first kappa shape index (κ1) is 15.6. The van der Waals surface area contributed by atoms with E-state index in [4.69, 9.17) is 4.74 Å². The van der Waals surface area contributed by atoms with Crippen molar-refractivity contribution in [2.24, 2.45) is 0 Å². The van der Waals surface area contributed by atoms with Crippen molar-refractivity contribution in [3.05, 3.63) is 18.1 Å². The lowest BCUT2D eigenvalue weighted by molar-refractivity contribution is 0.0377. The standard InChI is InChI=1S/C16H26N4O2/c1-19(3-2-4-20-5-7-22-8-6-20)16-11-15(17-12-18-16)13-9-14(21)10-13/h11-14,21H,2-10H2,1H3. The molecule has 2 heterocycles. The van der Waals surface area contributed by atoms with E-state index in [1.54, 1.807) is 6.33 Å². The summed E-state index contributed by atoms with van der Waals surface area (Å²) in [5.41, 5.74) is 1.07. The number of hydrogen-bond acceptors (Lipinski definition) is 6. The molecule has 0 spiro atoms. The van der Waals surface area contributed by atoms with E-state index in [9.17, 15) is 5.11 Å². The average molecular weight is 306 g/mol. The van der Waals surface area contributed by atoms with E-state index in [2.05, 4.69) is 32.9 Å². The molecule has 122 valence electrons. The highest BCUT2D eigenvalue weighted by Crippen LogP contribution is 2.36. The number of aromatic nitrogens is 2. The number of aliphatic hydroxyl groups excluding tert-OH is 1. The Hall–Kier alpha value is -1.24. The van der Waals surface area contributed by atoms with Crippen LogP contribution >= 0.6 is 0 Å². The van der Waals surface area contributed by atoms with E-state index in [-0.39, 0.29) is 6.10 Å². The summed E-state index contributed by atoms with van der Waals surface area (Å²) in [6, 6.07) is 2.07. The van der Waals surface area contributed by atoms with Crippen molar-refractivity contribution < 1.29 is 9.84 Å². The Kier molecular flexibility index (Phi) is 5.23. The van der Waals surface area contributed by atoms with Crippen LogP contribution in [-0.2, 0) is 4.74 Å². The molecule has 0 aromatic carbocycles. The molecular formula is C16H26N4O2. The van der Waals surface area contributed by atoms with Gasteiger partial charge in [-0.15, -0.1) is 0 Å². The molecule has 1 saturated heterocycles. The molecule has 2 fully saturated rings. The minimum atomic E-state index is -0.144. The summed E-state index contributed by atoms with van der Waals surface area (Å²) in [7, 11) is 2.08. The highest BCUT2D eigenvalue weighted by atomic mass is 16.5. The van der Waals surface area contributed by atoms with Crippen LogP contribution in [0.1, 0.15) is 30.9 Å². The number of aliphatic hydroxyl groups is 1. The highest BCUT2D eigenvalue weighted by Gasteiger charge is 2.29. The van der Waals surface area contributed by atoms with Crippen LogP contribution in [0.3, 0.4) is 0 Å². The minimum Gasteiger partial charge on any atom is -0.393 e. The monoisotopic (exact) mass is 306 g/mol. The topological polar surface area (TPSA) is 61.7 Å². The van der Waals surface area contributed by atoms with Crippen molar-refractivity contribution >= 4 is 5.82 Å². The van der Waals surface area contributed by atoms with Gasteiger partial charge in [-0.25, -0.2) is 9.97 Å². The summed E-state index contributed by atoms with van der Waals surface area (Å²) in [5.74, 6) is 1.38. The van der Waals surface area contributed by atoms with Crippen molar-refractivity contribution in [3.63, 3.8) is 0 Å². The predicted molar refractivity (Wildman–Crippen MR) is 85.2 cm³/mol. The lowest BCUT2D eigenvalue weighted by Crippen LogP contribution is -2.38. The van der Waals surface area contributed by atoms with E-state index in [0.29, 0.717) is 5.92 Å². The molecule has 2 aliphatic rings. The molecule has 1 saturated carbocycles. The van der Waals surface area contributed by atoms with Gasteiger partial charge in [-0.1, -0.05) is 0 Å². The van der Waals surface area contributed by atoms with Crippen molar-refractivity contribution in [2.45, 2.75) is 31.3 Å². The van der Waals surface area contributed by atoms with E-state index in [0.717, 1.165) is 70.2 Å². The summed E-state index contributed by atoms with van der Waals surface area (Å²) in [6.07, 6.45) is 4.29. The Morgan fingerprint density at radius 2 is 2.09 bits per heavy atom. The van der Waals surface area contributed by atoms with Crippen molar-refractivity contribution in [1.29, 1.82) is 0 Å². The molecule has 22 heavy (non-hydrogen) atoms. The fourth-order valence-electron chi connectivity index (χ4n) is 3.09. The fourth-order valence-corrected chi connectivity index (χ4v) is 3.09. The van der Waals surface area contributed by atoms with E-state index in [1.807, 2.05) is 0 Å². The lowest BCUT2D eigenvalue weighted by atomic mass is 9.80. The maximum atomic E-state index is 9.43. The quantitative estimate of drug-likeness (QED) is 0.841. The second kappa shape index (κ2) is 7.35. The van der Waals surface area contributed by atoms with Crippen LogP contribution in [0, 0.1) is 0 Å². The van der Waals surface area contributed by atoms with Crippen LogP contribution in [0.15, 0.2) is 12.4 Å². The van der Waals surface area contributed by atoms with Crippen LogP contribution in [0.5, 0.6) is 0 Å². The fraction of sp³-hybridized carbons (Fsp3) is 0.750. The Morgan fingerprint density at radius 3 is 2.82 bits per heavy atom. The molecular weight excluding hydrogens is 280 g/mol. The van der Waals surface area contributed by atoms with E-state index >= 15 is 0 Å². The maximum Gasteiger partial charge on any atom is 0.131 e. The summed E-state index contributed by atoms with van der Waals surface area (Å²) in [4.78, 5) is 13.4. The first-order valence-corrected chi connectivity index (χ1v) is 8.23. The van der Waals surface area contributed by atoms with Gasteiger partial charge in [-0.05, 0) is 19.3 Å². The number of ether oxygens (including phenoxy) is 1. The number of nitrogens with zero attached hydrogens (tertiary/aromatic N) is 4. The van der Waals surface area contributed by atoms with Gasteiger partial charge >= 0.3 is 0 Å². The zero-order chi connectivity index (χ0) is 15.4. The van der Waals surface area contributed by atoms with Crippen LogP contribution in [0.4, 0.5) is 5.82 Å². The Bertz CT molecular complexity index is 473. The summed E-state index contributed by atoms with van der Waals surface area (Å²) in [6.45, 7) is 5.91. The van der Waals surface area contributed by atoms with Crippen LogP contribution in [0.2, 0.25) is 0 Å². The molecule has 0 unspecified atom stereocenters. The lowest BCUT2D eigenvalue weighted by Gasteiger charge is -2.31.